The molecule has 0 aliphatic carbocycles. The zero-order valence-electron chi connectivity index (χ0n) is 14.6. The van der Waals surface area contributed by atoms with E-state index in [0.717, 1.165) is 18.4 Å². The first-order valence-corrected chi connectivity index (χ1v) is 8.93. The maximum absolute atomic E-state index is 13.7. The number of carbonyl (C=O) groups excluding carboxylic acids is 2. The molecular formula is C19H25FN2O3. The van der Waals surface area contributed by atoms with Crippen molar-refractivity contribution >= 4 is 11.8 Å². The van der Waals surface area contributed by atoms with Crippen LogP contribution in [-0.2, 0) is 19.7 Å². The number of ether oxygens (including phenoxy) is 1. The van der Waals surface area contributed by atoms with Gasteiger partial charge in [0, 0.05) is 44.7 Å². The number of nitrogens with one attached hydrogen (secondary N) is 1. The lowest BCUT2D eigenvalue weighted by Gasteiger charge is -2.38. The molecule has 0 bridgehead atoms. The molecule has 136 valence electrons. The Morgan fingerprint density at radius 1 is 1.40 bits per heavy atom. The van der Waals surface area contributed by atoms with Crippen molar-refractivity contribution in [2.24, 2.45) is 5.92 Å². The molecule has 1 aromatic rings. The van der Waals surface area contributed by atoms with Crippen molar-refractivity contribution in [3.63, 3.8) is 0 Å². The standard InChI is InChI=1S/C19H25FN2O3/c1-2-22-12-14(10-17(22)23)18(24)21-13-19(6-8-25-9-7-19)15-4-3-5-16(20)11-15/h3-5,11,14H,2,6-10,12-13H2,1H3,(H,21,24)/t14-/m1/s1. The van der Waals surface area contributed by atoms with Crippen LogP contribution >= 0.6 is 0 Å². The zero-order chi connectivity index (χ0) is 17.9. The molecule has 0 saturated carbocycles. The molecule has 2 aliphatic rings. The third-order valence-corrected chi connectivity index (χ3v) is 5.45. The minimum Gasteiger partial charge on any atom is -0.381 e. The summed E-state index contributed by atoms with van der Waals surface area (Å²) in [5.41, 5.74) is 0.581. The summed E-state index contributed by atoms with van der Waals surface area (Å²) in [4.78, 5) is 26.1. The van der Waals surface area contributed by atoms with Crippen LogP contribution in [0.1, 0.15) is 31.7 Å². The number of likely N-dealkylation sites (tertiary alicyclic amines) is 1. The smallest absolute Gasteiger partial charge is 0.225 e. The lowest BCUT2D eigenvalue weighted by Crippen LogP contribution is -2.46. The monoisotopic (exact) mass is 348 g/mol. The fourth-order valence-electron chi connectivity index (χ4n) is 3.80. The topological polar surface area (TPSA) is 58.6 Å². The highest BCUT2D eigenvalue weighted by Crippen LogP contribution is 2.34. The maximum Gasteiger partial charge on any atom is 0.225 e. The van der Waals surface area contributed by atoms with E-state index in [1.54, 1.807) is 17.0 Å². The Labute approximate surface area is 147 Å². The van der Waals surface area contributed by atoms with E-state index in [9.17, 15) is 14.0 Å². The first-order valence-electron chi connectivity index (χ1n) is 8.93. The molecule has 2 saturated heterocycles. The second kappa shape index (κ2) is 7.52. The molecule has 0 aromatic heterocycles. The number of hydrogen-bond acceptors (Lipinski definition) is 3. The lowest BCUT2D eigenvalue weighted by atomic mass is 9.74. The first kappa shape index (κ1) is 17.9. The summed E-state index contributed by atoms with van der Waals surface area (Å²) in [6.45, 7) is 4.66. The predicted octanol–water partition coefficient (Wildman–Crippen LogP) is 1.86. The third kappa shape index (κ3) is 3.84. The largest absolute Gasteiger partial charge is 0.381 e. The van der Waals surface area contributed by atoms with E-state index in [-0.39, 0.29) is 35.4 Å². The molecule has 1 atom stereocenters. The van der Waals surface area contributed by atoms with Crippen molar-refractivity contribution in [2.75, 3.05) is 32.8 Å². The Bertz CT molecular complexity index is 643. The Kier molecular flexibility index (Phi) is 5.37. The van der Waals surface area contributed by atoms with Gasteiger partial charge in [-0.2, -0.15) is 0 Å². The molecule has 2 heterocycles. The van der Waals surface area contributed by atoms with Crippen molar-refractivity contribution in [3.05, 3.63) is 35.6 Å². The van der Waals surface area contributed by atoms with Crippen molar-refractivity contribution in [3.8, 4) is 0 Å². The Balaban J connectivity index is 1.69. The molecule has 2 amide bonds. The molecule has 25 heavy (non-hydrogen) atoms. The Morgan fingerprint density at radius 2 is 2.16 bits per heavy atom. The second-order valence-electron chi connectivity index (χ2n) is 6.95. The average Bonchev–Trinajstić information content (AvgIpc) is 3.01. The summed E-state index contributed by atoms with van der Waals surface area (Å²) < 4.78 is 19.2. The van der Waals surface area contributed by atoms with Crippen LogP contribution in [0.15, 0.2) is 24.3 Å². The Hall–Kier alpha value is -1.95. The van der Waals surface area contributed by atoms with Gasteiger partial charge in [0.1, 0.15) is 5.82 Å². The van der Waals surface area contributed by atoms with Crippen molar-refractivity contribution in [1.29, 1.82) is 0 Å². The van der Waals surface area contributed by atoms with Gasteiger partial charge in [0.25, 0.3) is 0 Å². The van der Waals surface area contributed by atoms with Gasteiger partial charge >= 0.3 is 0 Å². The van der Waals surface area contributed by atoms with E-state index in [0.29, 0.717) is 32.8 Å². The van der Waals surface area contributed by atoms with E-state index in [4.69, 9.17) is 4.74 Å². The average molecular weight is 348 g/mol. The summed E-state index contributed by atoms with van der Waals surface area (Å²) in [5, 5.41) is 3.02. The highest BCUT2D eigenvalue weighted by molar-refractivity contribution is 5.89. The SMILES string of the molecule is CCN1C[C@H](C(=O)NCC2(c3cccc(F)c3)CCOCC2)CC1=O. The third-order valence-electron chi connectivity index (χ3n) is 5.45. The van der Waals surface area contributed by atoms with Crippen molar-refractivity contribution in [2.45, 2.75) is 31.6 Å². The van der Waals surface area contributed by atoms with Gasteiger partial charge in [-0.05, 0) is 37.5 Å². The van der Waals surface area contributed by atoms with Crippen molar-refractivity contribution in [1.82, 2.24) is 10.2 Å². The number of rotatable bonds is 5. The molecule has 1 N–H and O–H groups in total. The zero-order valence-corrected chi connectivity index (χ0v) is 14.6. The molecule has 2 fully saturated rings. The summed E-state index contributed by atoms with van der Waals surface area (Å²) in [6, 6.07) is 6.60. The Morgan fingerprint density at radius 3 is 2.80 bits per heavy atom. The quantitative estimate of drug-likeness (QED) is 0.884. The lowest BCUT2D eigenvalue weighted by molar-refractivity contribution is -0.129. The van der Waals surface area contributed by atoms with E-state index >= 15 is 0 Å². The molecule has 2 aliphatic heterocycles. The summed E-state index contributed by atoms with van der Waals surface area (Å²) in [5.74, 6) is -0.619. The minimum absolute atomic E-state index is 0.0357. The van der Waals surface area contributed by atoms with Gasteiger partial charge in [-0.1, -0.05) is 12.1 Å². The molecule has 0 radical (unpaired) electrons. The fraction of sp³-hybridized carbons (Fsp3) is 0.579. The molecule has 5 nitrogen and oxygen atoms in total. The van der Waals surface area contributed by atoms with Crippen LogP contribution in [0.3, 0.4) is 0 Å². The summed E-state index contributed by atoms with van der Waals surface area (Å²) >= 11 is 0. The molecular weight excluding hydrogens is 323 g/mol. The normalized spacial score (nSPS) is 22.9. The second-order valence-corrected chi connectivity index (χ2v) is 6.95. The van der Waals surface area contributed by atoms with Crippen LogP contribution in [0, 0.1) is 11.7 Å². The van der Waals surface area contributed by atoms with Gasteiger partial charge in [-0.25, -0.2) is 4.39 Å². The molecule has 3 rings (SSSR count). The first-order chi connectivity index (χ1) is 12.0. The minimum atomic E-state index is -0.316. The van der Waals surface area contributed by atoms with Gasteiger partial charge in [0.2, 0.25) is 11.8 Å². The van der Waals surface area contributed by atoms with Crippen LogP contribution in [0.2, 0.25) is 0 Å². The number of carbonyl (C=O) groups is 2. The number of nitrogens with zero attached hydrogens (tertiary/aromatic N) is 1. The highest BCUT2D eigenvalue weighted by atomic mass is 19.1. The van der Waals surface area contributed by atoms with Gasteiger partial charge in [0.05, 0.1) is 5.92 Å². The van der Waals surface area contributed by atoms with Crippen LogP contribution in [0.4, 0.5) is 4.39 Å². The number of halogens is 1. The van der Waals surface area contributed by atoms with Gasteiger partial charge < -0.3 is 15.0 Å². The van der Waals surface area contributed by atoms with Crippen LogP contribution in [0.25, 0.3) is 0 Å². The van der Waals surface area contributed by atoms with E-state index in [1.807, 2.05) is 13.0 Å². The van der Waals surface area contributed by atoms with Crippen molar-refractivity contribution < 1.29 is 18.7 Å². The molecule has 0 spiro atoms. The van der Waals surface area contributed by atoms with Gasteiger partial charge in [0.15, 0.2) is 0 Å². The van der Waals surface area contributed by atoms with Crippen LogP contribution in [0.5, 0.6) is 0 Å². The van der Waals surface area contributed by atoms with Gasteiger partial charge in [-0.3, -0.25) is 9.59 Å². The van der Waals surface area contributed by atoms with E-state index < -0.39 is 0 Å². The van der Waals surface area contributed by atoms with Crippen LogP contribution in [-0.4, -0.2) is 49.6 Å². The molecule has 0 unspecified atom stereocenters. The van der Waals surface area contributed by atoms with E-state index in [2.05, 4.69) is 5.32 Å². The maximum atomic E-state index is 13.7. The number of hydrogen-bond donors (Lipinski definition) is 1. The summed E-state index contributed by atoms with van der Waals surface area (Å²) in [7, 11) is 0. The number of benzene rings is 1. The molecule has 6 heteroatoms. The molecule has 1 aromatic carbocycles. The highest BCUT2D eigenvalue weighted by Gasteiger charge is 2.38. The van der Waals surface area contributed by atoms with Crippen LogP contribution < -0.4 is 5.32 Å². The fourth-order valence-corrected chi connectivity index (χ4v) is 3.80. The van der Waals surface area contributed by atoms with E-state index in [1.165, 1.54) is 6.07 Å². The number of amides is 2. The predicted molar refractivity (Wildman–Crippen MR) is 91.5 cm³/mol. The summed E-state index contributed by atoms with van der Waals surface area (Å²) in [6.07, 6.45) is 1.75. The van der Waals surface area contributed by atoms with Gasteiger partial charge in [-0.15, -0.1) is 0 Å².